The van der Waals surface area contributed by atoms with Crippen LogP contribution in [0.1, 0.15) is 12.0 Å². The number of nitrogens with zero attached hydrogens (tertiary/aromatic N) is 4. The van der Waals surface area contributed by atoms with E-state index in [2.05, 4.69) is 25.6 Å². The molecule has 0 aliphatic rings. The Kier molecular flexibility index (Phi) is 7.43. The summed E-state index contributed by atoms with van der Waals surface area (Å²) in [5.74, 6) is 2.34. The lowest BCUT2D eigenvalue weighted by Gasteiger charge is -2.12. The van der Waals surface area contributed by atoms with Crippen molar-refractivity contribution in [3.05, 3.63) is 72.7 Å². The lowest BCUT2D eigenvalue weighted by molar-refractivity contribution is 0.626. The van der Waals surface area contributed by atoms with Crippen LogP contribution in [-0.2, 0) is 6.54 Å². The lowest BCUT2D eigenvalue weighted by Crippen LogP contribution is -2.37. The minimum atomic E-state index is -0.202. The van der Waals surface area contributed by atoms with Gasteiger partial charge in [-0.05, 0) is 54.1 Å². The Bertz CT molecular complexity index is 880. The Hall–Kier alpha value is -2.87. The van der Waals surface area contributed by atoms with Crippen LogP contribution in [0.25, 0.3) is 5.82 Å². The van der Waals surface area contributed by atoms with Gasteiger partial charge in [0, 0.05) is 43.6 Å². The molecule has 0 unspecified atom stereocenters. The number of thioether (sulfide) groups is 1. The van der Waals surface area contributed by atoms with Gasteiger partial charge < -0.3 is 10.6 Å². The third kappa shape index (κ3) is 6.09. The van der Waals surface area contributed by atoms with Crippen molar-refractivity contribution in [3.8, 4) is 5.82 Å². The van der Waals surface area contributed by atoms with Gasteiger partial charge >= 0.3 is 0 Å². The first-order valence-electron chi connectivity index (χ1n) is 9.01. The van der Waals surface area contributed by atoms with E-state index in [1.807, 2.05) is 22.9 Å². The maximum atomic E-state index is 12.9. The van der Waals surface area contributed by atoms with Crippen molar-refractivity contribution in [2.45, 2.75) is 17.9 Å². The summed E-state index contributed by atoms with van der Waals surface area (Å²) in [6.07, 6.45) is 8.08. The normalized spacial score (nSPS) is 11.4. The van der Waals surface area contributed by atoms with Crippen LogP contribution < -0.4 is 10.6 Å². The van der Waals surface area contributed by atoms with E-state index in [4.69, 9.17) is 0 Å². The van der Waals surface area contributed by atoms with Gasteiger partial charge in [-0.25, -0.2) is 14.4 Å². The SMILES string of the molecule is CN=C(NCCCSc1ccc(F)cc1)NCc1ccnc(-n2ccnc2)c1. The van der Waals surface area contributed by atoms with Crippen LogP contribution in [0.15, 0.2) is 71.2 Å². The molecule has 8 heteroatoms. The van der Waals surface area contributed by atoms with Gasteiger partial charge in [0.2, 0.25) is 0 Å². The number of pyridine rings is 1. The number of halogens is 1. The fourth-order valence-electron chi connectivity index (χ4n) is 2.51. The van der Waals surface area contributed by atoms with Crippen LogP contribution in [-0.4, -0.2) is 39.8 Å². The summed E-state index contributed by atoms with van der Waals surface area (Å²) in [7, 11) is 1.76. The van der Waals surface area contributed by atoms with Gasteiger partial charge in [-0.15, -0.1) is 11.8 Å². The molecule has 146 valence electrons. The highest BCUT2D eigenvalue weighted by Crippen LogP contribution is 2.18. The van der Waals surface area contributed by atoms with Crippen molar-refractivity contribution in [2.75, 3.05) is 19.3 Å². The molecular formula is C20H23FN6S. The van der Waals surface area contributed by atoms with Crippen molar-refractivity contribution in [2.24, 2.45) is 4.99 Å². The topological polar surface area (TPSA) is 67.1 Å². The Morgan fingerprint density at radius 2 is 2.04 bits per heavy atom. The quantitative estimate of drug-likeness (QED) is 0.264. The first-order valence-corrected chi connectivity index (χ1v) is 9.99. The van der Waals surface area contributed by atoms with Crippen LogP contribution in [0, 0.1) is 5.82 Å². The standard InChI is InChI=1S/C20H23FN6S/c1-22-20(25-8-2-12-28-18-5-3-17(21)4-6-18)26-14-16-7-9-24-19(13-16)27-11-10-23-15-27/h3-7,9-11,13,15H,2,8,12,14H2,1H3,(H2,22,25,26). The Labute approximate surface area is 168 Å². The third-order valence-electron chi connectivity index (χ3n) is 3.96. The fraction of sp³-hybridized carbons (Fsp3) is 0.250. The van der Waals surface area contributed by atoms with Crippen molar-refractivity contribution in [1.29, 1.82) is 0 Å². The molecular weight excluding hydrogens is 375 g/mol. The smallest absolute Gasteiger partial charge is 0.191 e. The maximum Gasteiger partial charge on any atom is 0.191 e. The summed E-state index contributed by atoms with van der Waals surface area (Å²) in [5.41, 5.74) is 1.11. The summed E-state index contributed by atoms with van der Waals surface area (Å²) >= 11 is 1.72. The highest BCUT2D eigenvalue weighted by atomic mass is 32.2. The number of aliphatic imine (C=N–C) groups is 1. The molecule has 0 aliphatic heterocycles. The van der Waals surface area contributed by atoms with Crippen molar-refractivity contribution >= 4 is 17.7 Å². The predicted octanol–water partition coefficient (Wildman–Crippen LogP) is 3.25. The molecule has 0 fully saturated rings. The number of guanidine groups is 1. The summed E-state index contributed by atoms with van der Waals surface area (Å²) in [6, 6.07) is 10.6. The van der Waals surface area contributed by atoms with E-state index < -0.39 is 0 Å². The molecule has 3 rings (SSSR count). The molecule has 0 bridgehead atoms. The average Bonchev–Trinajstić information content (AvgIpc) is 3.26. The van der Waals surface area contributed by atoms with E-state index in [1.165, 1.54) is 12.1 Å². The number of aromatic nitrogens is 3. The highest BCUT2D eigenvalue weighted by Gasteiger charge is 2.02. The van der Waals surface area contributed by atoms with Crippen LogP contribution in [0.5, 0.6) is 0 Å². The Morgan fingerprint density at radius 1 is 1.18 bits per heavy atom. The molecule has 2 heterocycles. The zero-order valence-corrected chi connectivity index (χ0v) is 16.5. The van der Waals surface area contributed by atoms with E-state index >= 15 is 0 Å². The largest absolute Gasteiger partial charge is 0.356 e. The van der Waals surface area contributed by atoms with Gasteiger partial charge in [-0.2, -0.15) is 0 Å². The number of nitrogens with one attached hydrogen (secondary N) is 2. The van der Waals surface area contributed by atoms with E-state index in [-0.39, 0.29) is 5.82 Å². The van der Waals surface area contributed by atoms with Gasteiger partial charge in [0.05, 0.1) is 0 Å². The summed E-state index contributed by atoms with van der Waals surface area (Å²) in [4.78, 5) is 13.7. The van der Waals surface area contributed by atoms with Crippen molar-refractivity contribution < 1.29 is 4.39 Å². The number of hydrogen-bond donors (Lipinski definition) is 2. The second-order valence-electron chi connectivity index (χ2n) is 6.00. The molecule has 1 aromatic carbocycles. The third-order valence-corrected chi connectivity index (χ3v) is 5.06. The lowest BCUT2D eigenvalue weighted by atomic mass is 10.2. The fourth-order valence-corrected chi connectivity index (χ4v) is 3.37. The summed E-state index contributed by atoms with van der Waals surface area (Å²) in [5, 5.41) is 6.62. The van der Waals surface area contributed by atoms with E-state index in [1.54, 1.807) is 49.7 Å². The van der Waals surface area contributed by atoms with Crippen LogP contribution >= 0.6 is 11.8 Å². The minimum Gasteiger partial charge on any atom is -0.356 e. The molecule has 0 atom stereocenters. The second kappa shape index (κ2) is 10.5. The molecule has 0 amide bonds. The molecule has 28 heavy (non-hydrogen) atoms. The summed E-state index contributed by atoms with van der Waals surface area (Å²) < 4.78 is 14.8. The number of benzene rings is 1. The number of hydrogen-bond acceptors (Lipinski definition) is 4. The molecule has 0 aliphatic carbocycles. The molecule has 0 spiro atoms. The monoisotopic (exact) mass is 398 g/mol. The zero-order chi connectivity index (χ0) is 19.6. The zero-order valence-electron chi connectivity index (χ0n) is 15.7. The van der Waals surface area contributed by atoms with Crippen LogP contribution in [0.4, 0.5) is 4.39 Å². The molecule has 6 nitrogen and oxygen atoms in total. The highest BCUT2D eigenvalue weighted by molar-refractivity contribution is 7.99. The van der Waals surface area contributed by atoms with Crippen LogP contribution in [0.3, 0.4) is 0 Å². The van der Waals surface area contributed by atoms with E-state index in [9.17, 15) is 4.39 Å². The predicted molar refractivity (Wildman–Crippen MR) is 111 cm³/mol. The van der Waals surface area contributed by atoms with Gasteiger partial charge in [0.1, 0.15) is 18.0 Å². The van der Waals surface area contributed by atoms with Gasteiger partial charge in [-0.3, -0.25) is 9.56 Å². The molecule has 0 saturated heterocycles. The van der Waals surface area contributed by atoms with Gasteiger partial charge in [-0.1, -0.05) is 0 Å². The molecule has 0 saturated carbocycles. The van der Waals surface area contributed by atoms with Crippen LogP contribution in [0.2, 0.25) is 0 Å². The first-order chi connectivity index (χ1) is 13.7. The Balaban J connectivity index is 1.39. The van der Waals surface area contributed by atoms with Crippen molar-refractivity contribution in [3.63, 3.8) is 0 Å². The van der Waals surface area contributed by atoms with Crippen molar-refractivity contribution in [1.82, 2.24) is 25.2 Å². The Morgan fingerprint density at radius 3 is 2.79 bits per heavy atom. The minimum absolute atomic E-state index is 0.202. The molecule has 0 radical (unpaired) electrons. The van der Waals surface area contributed by atoms with E-state index in [0.717, 1.165) is 41.0 Å². The van der Waals surface area contributed by atoms with E-state index in [0.29, 0.717) is 6.54 Å². The molecule has 2 N–H and O–H groups in total. The molecule has 3 aromatic rings. The second-order valence-corrected chi connectivity index (χ2v) is 7.17. The first kappa shape index (κ1) is 19.9. The average molecular weight is 399 g/mol. The summed E-state index contributed by atoms with van der Waals surface area (Å²) in [6.45, 7) is 1.46. The van der Waals surface area contributed by atoms with Gasteiger partial charge in [0.25, 0.3) is 0 Å². The molecule has 2 aromatic heterocycles. The maximum absolute atomic E-state index is 12.9. The number of rotatable bonds is 8. The number of imidazole rings is 1. The van der Waals surface area contributed by atoms with Gasteiger partial charge in [0.15, 0.2) is 5.96 Å².